The molecular weight excluding hydrogens is 478 g/mol. The van der Waals surface area contributed by atoms with Crippen LogP contribution in [0.5, 0.6) is 0 Å². The van der Waals surface area contributed by atoms with Crippen LogP contribution in [0.2, 0.25) is 0 Å². The van der Waals surface area contributed by atoms with Gasteiger partial charge in [-0.1, -0.05) is 62.9 Å². The Bertz CT molecular complexity index is 1100. The highest BCUT2D eigenvalue weighted by molar-refractivity contribution is 5.80. The van der Waals surface area contributed by atoms with Crippen molar-refractivity contribution in [3.63, 3.8) is 0 Å². The molecule has 3 aliphatic rings. The minimum absolute atomic E-state index is 0.0394. The molecule has 2 aromatic carbocycles. The van der Waals surface area contributed by atoms with Gasteiger partial charge in [0.2, 0.25) is 0 Å². The molecule has 38 heavy (non-hydrogen) atoms. The summed E-state index contributed by atoms with van der Waals surface area (Å²) in [4.78, 5) is 23.6. The van der Waals surface area contributed by atoms with E-state index in [0.29, 0.717) is 18.0 Å². The Morgan fingerprint density at radius 2 is 1.87 bits per heavy atom. The first-order chi connectivity index (χ1) is 18.5. The van der Waals surface area contributed by atoms with Crippen LogP contribution < -0.4 is 10.4 Å². The minimum Gasteiger partial charge on any atom is -0.629 e. The summed E-state index contributed by atoms with van der Waals surface area (Å²) < 4.78 is 7.09. The number of quaternary nitrogens is 1. The van der Waals surface area contributed by atoms with Gasteiger partial charge in [0, 0.05) is 40.4 Å². The molecular formula is C31H41N3O4. The zero-order valence-corrected chi connectivity index (χ0v) is 22.6. The van der Waals surface area contributed by atoms with E-state index in [2.05, 4.69) is 41.7 Å². The van der Waals surface area contributed by atoms with Gasteiger partial charge in [-0.25, -0.2) is 0 Å². The Balaban J connectivity index is 1.55. The van der Waals surface area contributed by atoms with E-state index in [0.717, 1.165) is 43.4 Å². The van der Waals surface area contributed by atoms with E-state index in [4.69, 9.17) is 4.74 Å². The summed E-state index contributed by atoms with van der Waals surface area (Å²) in [5, 5.41) is 19.1. The first-order valence-electron chi connectivity index (χ1n) is 14.5. The number of nitrogens with zero attached hydrogens (tertiary/aromatic N) is 1. The van der Waals surface area contributed by atoms with Gasteiger partial charge >= 0.3 is 0 Å². The number of carbonyl (C=O) groups excluding carboxylic acids is 1. The second-order valence-corrected chi connectivity index (χ2v) is 11.6. The number of hydrogen-bond donors (Lipinski definition) is 2. The molecule has 2 aliphatic carbocycles. The summed E-state index contributed by atoms with van der Waals surface area (Å²) in [6.45, 7) is 2.11. The zero-order valence-electron chi connectivity index (χ0n) is 22.6. The second kappa shape index (κ2) is 12.1. The normalized spacial score (nSPS) is 30.3. The van der Waals surface area contributed by atoms with Crippen LogP contribution in [0.15, 0.2) is 53.7 Å². The number of ether oxygens (including phenoxy) is 1. The van der Waals surface area contributed by atoms with Crippen molar-refractivity contribution in [2.75, 3.05) is 12.4 Å². The number of rotatable bonds is 8. The molecule has 2 saturated carbocycles. The zero-order chi connectivity index (χ0) is 26.6. The smallest absolute Gasteiger partial charge is 0.289 e. The monoisotopic (exact) mass is 519 g/mol. The van der Waals surface area contributed by atoms with Crippen molar-refractivity contribution < 1.29 is 14.6 Å². The molecule has 7 nitrogen and oxygen atoms in total. The minimum atomic E-state index is -0.537. The Hall–Kier alpha value is -2.61. The third kappa shape index (κ3) is 5.56. The van der Waals surface area contributed by atoms with Crippen LogP contribution >= 0.6 is 0 Å². The average molecular weight is 520 g/mol. The molecule has 6 unspecified atom stereocenters. The van der Waals surface area contributed by atoms with Gasteiger partial charge in [0.25, 0.3) is 5.91 Å². The summed E-state index contributed by atoms with van der Waals surface area (Å²) in [7, 11) is 1.61. The van der Waals surface area contributed by atoms with Crippen molar-refractivity contribution >= 4 is 17.3 Å². The number of amides is 1. The van der Waals surface area contributed by atoms with Crippen LogP contribution in [0.25, 0.3) is 0 Å². The maximum absolute atomic E-state index is 12.4. The van der Waals surface area contributed by atoms with Crippen molar-refractivity contribution in [2.45, 2.75) is 83.0 Å². The van der Waals surface area contributed by atoms with Crippen molar-refractivity contribution in [3.05, 3.63) is 69.8 Å². The number of nitroso groups, excluding NO2 is 1. The maximum atomic E-state index is 12.4. The van der Waals surface area contributed by atoms with E-state index >= 15 is 0 Å². The van der Waals surface area contributed by atoms with Crippen LogP contribution in [0.1, 0.15) is 88.0 Å². The molecule has 2 aromatic rings. The molecule has 5 rings (SSSR count). The molecule has 204 valence electrons. The van der Waals surface area contributed by atoms with Crippen LogP contribution in [-0.2, 0) is 9.53 Å². The van der Waals surface area contributed by atoms with Crippen molar-refractivity contribution in [3.8, 4) is 0 Å². The van der Waals surface area contributed by atoms with Crippen LogP contribution in [-0.4, -0.2) is 19.1 Å². The molecule has 2 N–H and O–H groups in total. The van der Waals surface area contributed by atoms with Crippen molar-refractivity contribution in [2.24, 2.45) is 28.8 Å². The number of anilines is 1. The van der Waals surface area contributed by atoms with Gasteiger partial charge in [0.15, 0.2) is 0 Å². The highest BCUT2D eigenvalue weighted by atomic mass is 16.5. The lowest BCUT2D eigenvalue weighted by Crippen LogP contribution is -2.98. The Labute approximate surface area is 225 Å². The standard InChI is InChI=1S/C31H41N3O4/c1-3-10-22-17-24(19-25(22)31(35)33-36)38-30-26-18-23(34(2)37)15-16-27(26)32-29(21-13-8-5-9-14-21)28(30)20-11-6-4-7-12-20/h5,8-9,13-16,18,20,22,24-25,28-30,32,34H,3-4,6-7,10-12,17,19H2,1-2H3/t22?,24?,25-,28?,29?,30?/m1/s1. The summed E-state index contributed by atoms with van der Waals surface area (Å²) in [5.41, 5.74) is 3.97. The highest BCUT2D eigenvalue weighted by Crippen LogP contribution is 2.53. The summed E-state index contributed by atoms with van der Waals surface area (Å²) in [6, 6.07) is 16.6. The fraction of sp³-hybridized carbons (Fsp3) is 0.581. The SMILES string of the molecule is CCCC1CC(OC2c3cc([NH+](C)[O-])ccc3NC(c3ccccc3)C2C2CCCCC2)C[C@H]1C(=O)N=O. The number of hydroxylamine groups is 1. The molecule has 1 amide bonds. The average Bonchev–Trinajstić information content (AvgIpc) is 3.35. The van der Waals surface area contributed by atoms with E-state index in [9.17, 15) is 14.9 Å². The first kappa shape index (κ1) is 27.0. The van der Waals surface area contributed by atoms with Gasteiger partial charge in [0.1, 0.15) is 5.69 Å². The number of carbonyl (C=O) groups is 1. The molecule has 1 aliphatic heterocycles. The van der Waals surface area contributed by atoms with Crippen LogP contribution in [0.3, 0.4) is 0 Å². The van der Waals surface area contributed by atoms with Gasteiger partial charge in [-0.05, 0) is 55.6 Å². The fourth-order valence-corrected chi connectivity index (χ4v) is 7.42. The molecule has 7 atom stereocenters. The van der Waals surface area contributed by atoms with E-state index in [1.165, 1.54) is 24.8 Å². The van der Waals surface area contributed by atoms with E-state index in [-0.39, 0.29) is 41.1 Å². The third-order valence-electron chi connectivity index (χ3n) is 9.22. The van der Waals surface area contributed by atoms with E-state index in [1.54, 1.807) is 7.05 Å². The molecule has 0 aromatic heterocycles. The fourth-order valence-electron chi connectivity index (χ4n) is 7.42. The predicted octanol–water partition coefficient (Wildman–Crippen LogP) is 6.24. The first-order valence-corrected chi connectivity index (χ1v) is 14.5. The maximum Gasteiger partial charge on any atom is 0.289 e. The molecule has 0 spiro atoms. The van der Waals surface area contributed by atoms with Crippen LogP contribution in [0, 0.1) is 33.8 Å². The van der Waals surface area contributed by atoms with Gasteiger partial charge in [-0.15, -0.1) is 4.91 Å². The molecule has 0 radical (unpaired) electrons. The van der Waals surface area contributed by atoms with Gasteiger partial charge in [-0.2, -0.15) is 0 Å². The Morgan fingerprint density at radius 1 is 1.11 bits per heavy atom. The van der Waals surface area contributed by atoms with Crippen molar-refractivity contribution in [1.29, 1.82) is 0 Å². The number of fused-ring (bicyclic) bond motifs is 1. The van der Waals surface area contributed by atoms with Gasteiger partial charge in [-0.3, -0.25) is 4.79 Å². The van der Waals surface area contributed by atoms with Gasteiger partial charge in [0.05, 0.1) is 25.3 Å². The molecule has 2 fully saturated rings. The van der Waals surface area contributed by atoms with E-state index in [1.807, 2.05) is 24.3 Å². The predicted molar refractivity (Wildman–Crippen MR) is 149 cm³/mol. The van der Waals surface area contributed by atoms with Crippen molar-refractivity contribution in [1.82, 2.24) is 0 Å². The Morgan fingerprint density at radius 3 is 2.55 bits per heavy atom. The lowest BCUT2D eigenvalue weighted by molar-refractivity contribution is -0.751. The molecule has 7 heteroatoms. The summed E-state index contributed by atoms with van der Waals surface area (Å²) >= 11 is 0. The van der Waals surface area contributed by atoms with E-state index < -0.39 is 5.91 Å². The molecule has 0 saturated heterocycles. The molecule has 0 bridgehead atoms. The lowest BCUT2D eigenvalue weighted by Gasteiger charge is -2.46. The Kier molecular flexibility index (Phi) is 8.56. The summed E-state index contributed by atoms with van der Waals surface area (Å²) in [6.07, 6.45) is 8.86. The summed E-state index contributed by atoms with van der Waals surface area (Å²) in [5.74, 6) is -0.0955. The quantitative estimate of drug-likeness (QED) is 0.318. The second-order valence-electron chi connectivity index (χ2n) is 11.6. The number of benzene rings is 2. The largest absolute Gasteiger partial charge is 0.629 e. The highest BCUT2D eigenvalue weighted by Gasteiger charge is 2.46. The van der Waals surface area contributed by atoms with Crippen LogP contribution in [0.4, 0.5) is 11.4 Å². The topological polar surface area (TPSA) is 95.3 Å². The molecule has 1 heterocycles. The lowest BCUT2D eigenvalue weighted by atomic mass is 9.69. The third-order valence-corrected chi connectivity index (χ3v) is 9.22. The van der Waals surface area contributed by atoms with Gasteiger partial charge < -0.3 is 20.3 Å². The number of hydrogen-bond acceptors (Lipinski definition) is 5. The number of nitrogens with one attached hydrogen (secondary N) is 2.